The van der Waals surface area contributed by atoms with Crippen molar-refractivity contribution in [3.8, 4) is 16.5 Å². The zero-order valence-corrected chi connectivity index (χ0v) is 16.4. The third-order valence-corrected chi connectivity index (χ3v) is 7.54. The lowest BCUT2D eigenvalue weighted by molar-refractivity contribution is 0.0644. The fraction of sp³-hybridized carbons (Fsp3) is 0.421. The number of sulfonamides is 1. The number of nitriles is 1. The molecule has 0 aliphatic carbocycles. The molecule has 1 aromatic heterocycles. The number of benzene rings is 1. The summed E-state index contributed by atoms with van der Waals surface area (Å²) in [5.41, 5.74) is 2.16. The highest BCUT2D eigenvalue weighted by atomic mass is 32.2. The van der Waals surface area contributed by atoms with Crippen LogP contribution in [0, 0.1) is 11.3 Å². The maximum absolute atomic E-state index is 12.3. The first kappa shape index (κ1) is 19.1. The van der Waals surface area contributed by atoms with E-state index in [0.29, 0.717) is 18.1 Å². The molecule has 0 unspecified atom stereocenters. The van der Waals surface area contributed by atoms with Gasteiger partial charge in [-0.3, -0.25) is 0 Å². The Kier molecular flexibility index (Phi) is 5.78. The van der Waals surface area contributed by atoms with Gasteiger partial charge in [0, 0.05) is 17.4 Å². The number of thiophene rings is 1. The molecule has 26 heavy (non-hydrogen) atoms. The third-order valence-electron chi connectivity index (χ3n) is 4.63. The molecule has 3 rings (SSSR count). The highest BCUT2D eigenvalue weighted by Gasteiger charge is 2.31. The summed E-state index contributed by atoms with van der Waals surface area (Å²) in [5, 5.41) is 8.49. The van der Waals surface area contributed by atoms with Crippen LogP contribution in [0.3, 0.4) is 0 Å². The van der Waals surface area contributed by atoms with E-state index in [1.165, 1.54) is 11.3 Å². The van der Waals surface area contributed by atoms with E-state index in [2.05, 4.69) is 10.8 Å². The molecule has 2 atom stereocenters. The van der Waals surface area contributed by atoms with Crippen molar-refractivity contribution in [2.24, 2.45) is 0 Å². The Hall–Kier alpha value is -1.72. The van der Waals surface area contributed by atoms with Gasteiger partial charge in [-0.25, -0.2) is 13.1 Å². The Balaban J connectivity index is 1.81. The smallest absolute Gasteiger partial charge is 0.214 e. The molecule has 0 amide bonds. The molecular formula is C19H22N2O3S2. The Morgan fingerprint density at radius 3 is 2.58 bits per heavy atom. The van der Waals surface area contributed by atoms with Crippen molar-refractivity contribution in [2.75, 3.05) is 13.2 Å². The fourth-order valence-corrected chi connectivity index (χ4v) is 4.78. The van der Waals surface area contributed by atoms with E-state index < -0.39 is 15.3 Å². The molecule has 1 aliphatic rings. The van der Waals surface area contributed by atoms with Crippen LogP contribution in [0.5, 0.6) is 0 Å². The Labute approximate surface area is 158 Å². The van der Waals surface area contributed by atoms with E-state index in [0.717, 1.165) is 22.4 Å². The number of hydrogen-bond donors (Lipinski definition) is 1. The second-order valence-electron chi connectivity index (χ2n) is 6.69. The highest BCUT2D eigenvalue weighted by molar-refractivity contribution is 7.90. The summed E-state index contributed by atoms with van der Waals surface area (Å²) in [6, 6.07) is 13.8. The van der Waals surface area contributed by atoms with Gasteiger partial charge in [-0.1, -0.05) is 24.3 Å². The zero-order chi connectivity index (χ0) is 18.7. The van der Waals surface area contributed by atoms with Gasteiger partial charge in [0.15, 0.2) is 0 Å². The molecule has 7 heteroatoms. The van der Waals surface area contributed by atoms with Gasteiger partial charge in [-0.2, -0.15) is 5.26 Å². The lowest BCUT2D eigenvalue weighted by Crippen LogP contribution is -2.47. The van der Waals surface area contributed by atoms with Gasteiger partial charge in [0.25, 0.3) is 0 Å². The Morgan fingerprint density at radius 2 is 1.96 bits per heavy atom. The fourth-order valence-electron chi connectivity index (χ4n) is 3.05. The summed E-state index contributed by atoms with van der Waals surface area (Å²) in [6.07, 6.45) is 0.780. The van der Waals surface area contributed by atoms with Crippen LogP contribution < -0.4 is 4.72 Å². The lowest BCUT2D eigenvalue weighted by atomic mass is 9.87. The number of hydrogen-bond acceptors (Lipinski definition) is 5. The van der Waals surface area contributed by atoms with E-state index in [9.17, 15) is 8.42 Å². The molecule has 0 spiro atoms. The molecule has 138 valence electrons. The molecule has 1 aromatic carbocycles. The number of nitrogens with one attached hydrogen (secondary N) is 1. The SMILES string of the molecule is CC(C)S(=O)(=O)N[C@@H]1COCC[C@@H]1c1ccc(-c2ccc(C#N)s2)cc1. The highest BCUT2D eigenvalue weighted by Crippen LogP contribution is 2.32. The predicted octanol–water partition coefficient (Wildman–Crippen LogP) is 3.49. The largest absolute Gasteiger partial charge is 0.380 e. The minimum Gasteiger partial charge on any atom is -0.380 e. The first-order valence-electron chi connectivity index (χ1n) is 8.60. The standard InChI is InChI=1S/C19H22N2O3S2/c1-13(2)26(22,23)21-18-12-24-10-9-17(18)14-3-5-15(6-4-14)19-8-7-16(11-20)25-19/h3-8,13,17-18,21H,9-10,12H2,1-2H3/t17-,18-/m1/s1. The van der Waals surface area contributed by atoms with Gasteiger partial charge in [0.2, 0.25) is 10.0 Å². The van der Waals surface area contributed by atoms with Gasteiger partial charge >= 0.3 is 0 Å². The van der Waals surface area contributed by atoms with Crippen LogP contribution in [0.2, 0.25) is 0 Å². The first-order valence-corrected chi connectivity index (χ1v) is 11.0. The van der Waals surface area contributed by atoms with Crippen LogP contribution in [-0.4, -0.2) is 32.9 Å². The molecule has 0 saturated carbocycles. The van der Waals surface area contributed by atoms with Gasteiger partial charge in [0.1, 0.15) is 10.9 Å². The normalized spacial score (nSPS) is 20.8. The van der Waals surface area contributed by atoms with Gasteiger partial charge in [0.05, 0.1) is 17.9 Å². The van der Waals surface area contributed by atoms with Crippen molar-refractivity contribution in [3.05, 3.63) is 46.8 Å². The Bertz CT molecular complexity index is 896. The van der Waals surface area contributed by atoms with Crippen molar-refractivity contribution in [1.82, 2.24) is 4.72 Å². The lowest BCUT2D eigenvalue weighted by Gasteiger charge is -2.33. The summed E-state index contributed by atoms with van der Waals surface area (Å²) in [5.74, 6) is 0.0873. The quantitative estimate of drug-likeness (QED) is 0.848. The number of rotatable bonds is 5. The van der Waals surface area contributed by atoms with Crippen molar-refractivity contribution in [1.29, 1.82) is 5.26 Å². The van der Waals surface area contributed by atoms with Crippen molar-refractivity contribution in [2.45, 2.75) is 37.5 Å². The van der Waals surface area contributed by atoms with Crippen LogP contribution in [0.4, 0.5) is 0 Å². The van der Waals surface area contributed by atoms with Crippen LogP contribution in [0.1, 0.15) is 36.6 Å². The molecule has 5 nitrogen and oxygen atoms in total. The van der Waals surface area contributed by atoms with Crippen LogP contribution >= 0.6 is 11.3 Å². The maximum Gasteiger partial charge on any atom is 0.214 e. The summed E-state index contributed by atoms with van der Waals surface area (Å²) in [6.45, 7) is 4.36. The van der Waals surface area contributed by atoms with E-state index >= 15 is 0 Å². The summed E-state index contributed by atoms with van der Waals surface area (Å²) in [7, 11) is -3.35. The topological polar surface area (TPSA) is 79.2 Å². The first-order chi connectivity index (χ1) is 12.4. The van der Waals surface area contributed by atoms with Crippen LogP contribution in [0.25, 0.3) is 10.4 Å². The minimum absolute atomic E-state index is 0.0873. The second kappa shape index (κ2) is 7.89. The van der Waals surface area contributed by atoms with E-state index in [-0.39, 0.29) is 12.0 Å². The van der Waals surface area contributed by atoms with Crippen molar-refractivity contribution in [3.63, 3.8) is 0 Å². The second-order valence-corrected chi connectivity index (χ2v) is 10.0. The molecular weight excluding hydrogens is 368 g/mol. The number of ether oxygens (including phenoxy) is 1. The average Bonchev–Trinajstić information content (AvgIpc) is 3.11. The van der Waals surface area contributed by atoms with E-state index in [4.69, 9.17) is 10.00 Å². The molecule has 0 bridgehead atoms. The maximum atomic E-state index is 12.3. The van der Waals surface area contributed by atoms with Crippen LogP contribution in [0.15, 0.2) is 36.4 Å². The summed E-state index contributed by atoms with van der Waals surface area (Å²) < 4.78 is 32.8. The van der Waals surface area contributed by atoms with Crippen molar-refractivity contribution < 1.29 is 13.2 Å². The molecule has 0 radical (unpaired) electrons. The summed E-state index contributed by atoms with van der Waals surface area (Å²) >= 11 is 1.47. The van der Waals surface area contributed by atoms with E-state index in [1.54, 1.807) is 13.8 Å². The zero-order valence-electron chi connectivity index (χ0n) is 14.8. The summed E-state index contributed by atoms with van der Waals surface area (Å²) in [4.78, 5) is 1.74. The van der Waals surface area contributed by atoms with Gasteiger partial charge in [-0.05, 0) is 43.5 Å². The van der Waals surface area contributed by atoms with Gasteiger partial charge < -0.3 is 4.74 Å². The molecule has 2 heterocycles. The third kappa shape index (κ3) is 4.15. The Morgan fingerprint density at radius 1 is 1.23 bits per heavy atom. The van der Waals surface area contributed by atoms with E-state index in [1.807, 2.05) is 36.4 Å². The molecule has 1 saturated heterocycles. The average molecular weight is 391 g/mol. The monoisotopic (exact) mass is 390 g/mol. The number of nitrogens with zero attached hydrogens (tertiary/aromatic N) is 1. The molecule has 1 fully saturated rings. The molecule has 1 N–H and O–H groups in total. The predicted molar refractivity (Wildman–Crippen MR) is 104 cm³/mol. The molecule has 1 aliphatic heterocycles. The van der Waals surface area contributed by atoms with Gasteiger partial charge in [-0.15, -0.1) is 11.3 Å². The van der Waals surface area contributed by atoms with Crippen LogP contribution in [-0.2, 0) is 14.8 Å². The molecule has 2 aromatic rings. The minimum atomic E-state index is -3.35. The van der Waals surface area contributed by atoms with Crippen molar-refractivity contribution >= 4 is 21.4 Å².